The van der Waals surface area contributed by atoms with Crippen LogP contribution in [-0.2, 0) is 19.1 Å². The Kier molecular flexibility index (Phi) is 6.42. The number of hydrogen-bond acceptors (Lipinski definition) is 8. The van der Waals surface area contributed by atoms with Crippen molar-refractivity contribution in [2.75, 3.05) is 0 Å². The van der Waals surface area contributed by atoms with Crippen LogP contribution in [0.15, 0.2) is 48.5 Å². The van der Waals surface area contributed by atoms with E-state index in [4.69, 9.17) is 18.9 Å². The Morgan fingerprint density at radius 2 is 1.73 bits per heavy atom. The van der Waals surface area contributed by atoms with Gasteiger partial charge in [-0.2, -0.15) is 0 Å². The third kappa shape index (κ3) is 4.86. The maximum atomic E-state index is 13.3. The number of alkyl halides is 3. The SMILES string of the molecule is CC1(Oc2cc(C(=O)OC3C4CC5C3OC(=O)C5C4C(=O)Oc3ccccc3)ccc2OC(F)(F)F)CCCC1. The first kappa shape index (κ1) is 26.5. The summed E-state index contributed by atoms with van der Waals surface area (Å²) >= 11 is 0. The van der Waals surface area contributed by atoms with Crippen LogP contribution in [0.5, 0.6) is 17.2 Å². The first-order valence-electron chi connectivity index (χ1n) is 13.3. The van der Waals surface area contributed by atoms with E-state index in [0.717, 1.165) is 25.0 Å². The number of fused-ring (bicyclic) bond motifs is 1. The minimum atomic E-state index is -4.95. The highest BCUT2D eigenvalue weighted by Gasteiger charge is 2.70. The lowest BCUT2D eigenvalue weighted by Gasteiger charge is -2.30. The summed E-state index contributed by atoms with van der Waals surface area (Å²) in [6, 6.07) is 11.8. The summed E-state index contributed by atoms with van der Waals surface area (Å²) in [5, 5.41) is 0. The zero-order chi connectivity index (χ0) is 28.2. The molecule has 1 saturated heterocycles. The van der Waals surface area contributed by atoms with Crippen LogP contribution in [0.3, 0.4) is 0 Å². The molecule has 6 unspecified atom stereocenters. The molecule has 212 valence electrons. The summed E-state index contributed by atoms with van der Waals surface area (Å²) < 4.78 is 66.1. The van der Waals surface area contributed by atoms with Crippen molar-refractivity contribution in [1.82, 2.24) is 0 Å². The maximum Gasteiger partial charge on any atom is 0.573 e. The molecule has 4 fully saturated rings. The average molecular weight is 561 g/mol. The van der Waals surface area contributed by atoms with Crippen molar-refractivity contribution in [2.24, 2.45) is 23.7 Å². The van der Waals surface area contributed by atoms with Gasteiger partial charge in [-0.15, -0.1) is 13.2 Å². The Morgan fingerprint density at radius 3 is 2.42 bits per heavy atom. The van der Waals surface area contributed by atoms with E-state index < -0.39 is 65.6 Å². The minimum Gasteiger partial charge on any atom is -0.484 e. The second kappa shape index (κ2) is 9.71. The number of ether oxygens (including phenoxy) is 5. The molecule has 0 aromatic heterocycles. The summed E-state index contributed by atoms with van der Waals surface area (Å²) in [6.45, 7) is 1.80. The Balaban J connectivity index is 1.23. The maximum absolute atomic E-state index is 13.3. The molecule has 40 heavy (non-hydrogen) atoms. The molecule has 0 N–H and O–H groups in total. The van der Waals surface area contributed by atoms with Crippen LogP contribution >= 0.6 is 0 Å². The molecule has 3 aliphatic carbocycles. The molecule has 6 atom stereocenters. The Hall–Kier alpha value is -3.76. The highest BCUT2D eigenvalue weighted by atomic mass is 19.4. The van der Waals surface area contributed by atoms with Gasteiger partial charge < -0.3 is 23.7 Å². The normalized spacial score (nSPS) is 29.6. The van der Waals surface area contributed by atoms with Crippen molar-refractivity contribution in [1.29, 1.82) is 0 Å². The fraction of sp³-hybridized carbons (Fsp3) is 0.483. The molecule has 2 aromatic rings. The van der Waals surface area contributed by atoms with E-state index in [2.05, 4.69) is 4.74 Å². The topological polar surface area (TPSA) is 97.4 Å². The summed E-state index contributed by atoms with van der Waals surface area (Å²) in [6.07, 6.45) is -3.09. The second-order valence-electron chi connectivity index (χ2n) is 11.1. The van der Waals surface area contributed by atoms with Gasteiger partial charge in [0.2, 0.25) is 0 Å². The average Bonchev–Trinajstić information content (AvgIpc) is 3.63. The Labute approximate surface area is 227 Å². The monoisotopic (exact) mass is 560 g/mol. The van der Waals surface area contributed by atoms with Crippen molar-refractivity contribution in [2.45, 2.75) is 63.2 Å². The van der Waals surface area contributed by atoms with E-state index >= 15 is 0 Å². The molecule has 3 saturated carbocycles. The first-order valence-corrected chi connectivity index (χ1v) is 13.3. The van der Waals surface area contributed by atoms with Crippen LogP contribution in [0.4, 0.5) is 13.2 Å². The van der Waals surface area contributed by atoms with E-state index in [-0.39, 0.29) is 17.2 Å². The van der Waals surface area contributed by atoms with Crippen LogP contribution in [0.25, 0.3) is 0 Å². The number of esters is 3. The standard InChI is InChI=1S/C29H27F3O8/c1-28(11-5-6-12-28)39-20-13-15(9-10-19(20)40-29(30,31)32)25(33)37-23-17-14-18-22(27(35)38-24(18)23)21(17)26(34)36-16-7-3-2-4-8-16/h2-4,7-10,13,17-18,21-24H,5-6,11-12,14H2,1H3. The van der Waals surface area contributed by atoms with Crippen molar-refractivity contribution in [3.05, 3.63) is 54.1 Å². The molecule has 6 rings (SSSR count). The second-order valence-corrected chi connectivity index (χ2v) is 11.1. The lowest BCUT2D eigenvalue weighted by molar-refractivity contribution is -0.275. The number of carbonyl (C=O) groups excluding carboxylic acids is 3. The van der Waals surface area contributed by atoms with Gasteiger partial charge in [0.25, 0.3) is 0 Å². The van der Waals surface area contributed by atoms with Crippen molar-refractivity contribution in [3.63, 3.8) is 0 Å². The van der Waals surface area contributed by atoms with Crippen LogP contribution < -0.4 is 14.2 Å². The van der Waals surface area contributed by atoms with Gasteiger partial charge in [-0.05, 0) is 69.4 Å². The largest absolute Gasteiger partial charge is 0.573 e. The van der Waals surface area contributed by atoms with Crippen molar-refractivity contribution >= 4 is 17.9 Å². The molecule has 0 radical (unpaired) electrons. The van der Waals surface area contributed by atoms with E-state index in [1.165, 1.54) is 6.07 Å². The summed E-state index contributed by atoms with van der Waals surface area (Å²) in [5.74, 6) is -4.75. The van der Waals surface area contributed by atoms with Crippen molar-refractivity contribution in [3.8, 4) is 17.2 Å². The number of benzene rings is 2. The molecule has 0 spiro atoms. The van der Waals surface area contributed by atoms with Crippen LogP contribution in [0, 0.1) is 23.7 Å². The van der Waals surface area contributed by atoms with E-state index in [1.807, 2.05) is 0 Å². The highest BCUT2D eigenvalue weighted by molar-refractivity contribution is 5.91. The molecule has 8 nitrogen and oxygen atoms in total. The smallest absolute Gasteiger partial charge is 0.484 e. The van der Waals surface area contributed by atoms with Gasteiger partial charge in [-0.1, -0.05) is 18.2 Å². The molecule has 2 bridgehead atoms. The molecule has 1 heterocycles. The molecule has 11 heteroatoms. The lowest BCUT2D eigenvalue weighted by Crippen LogP contribution is -2.44. The summed E-state index contributed by atoms with van der Waals surface area (Å²) in [5.41, 5.74) is -0.755. The Morgan fingerprint density at radius 1 is 1.00 bits per heavy atom. The van der Waals surface area contributed by atoms with E-state index in [9.17, 15) is 27.6 Å². The van der Waals surface area contributed by atoms with Crippen molar-refractivity contribution < 1.29 is 51.2 Å². The van der Waals surface area contributed by atoms with Crippen LogP contribution in [0.2, 0.25) is 0 Å². The number of carbonyl (C=O) groups is 3. The van der Waals surface area contributed by atoms with Gasteiger partial charge in [0.05, 0.1) is 17.4 Å². The summed E-state index contributed by atoms with van der Waals surface area (Å²) in [7, 11) is 0. The fourth-order valence-electron chi connectivity index (χ4n) is 6.75. The zero-order valence-electron chi connectivity index (χ0n) is 21.5. The first-order chi connectivity index (χ1) is 19.0. The number of hydrogen-bond donors (Lipinski definition) is 0. The van der Waals surface area contributed by atoms with Gasteiger partial charge in [0, 0.05) is 11.8 Å². The Bertz CT molecular complexity index is 1320. The molecule has 2 aromatic carbocycles. The van der Waals surface area contributed by atoms with E-state index in [0.29, 0.717) is 25.0 Å². The summed E-state index contributed by atoms with van der Waals surface area (Å²) in [4.78, 5) is 39.1. The third-order valence-corrected chi connectivity index (χ3v) is 8.45. The molecule has 4 aliphatic rings. The third-order valence-electron chi connectivity index (χ3n) is 8.45. The minimum absolute atomic E-state index is 0.0572. The van der Waals surface area contributed by atoms with Gasteiger partial charge in [0.15, 0.2) is 11.5 Å². The molecular weight excluding hydrogens is 533 g/mol. The quantitative estimate of drug-likeness (QED) is 0.335. The molecule has 0 amide bonds. The predicted octanol–water partition coefficient (Wildman–Crippen LogP) is 5.24. The van der Waals surface area contributed by atoms with E-state index in [1.54, 1.807) is 37.3 Å². The van der Waals surface area contributed by atoms with Gasteiger partial charge in [0.1, 0.15) is 23.6 Å². The molecular formula is C29H27F3O8. The lowest BCUT2D eigenvalue weighted by atomic mass is 9.78. The van der Waals surface area contributed by atoms with Crippen LogP contribution in [0.1, 0.15) is 49.4 Å². The number of halogens is 3. The van der Waals surface area contributed by atoms with Gasteiger partial charge in [-0.3, -0.25) is 9.59 Å². The molecule has 1 aliphatic heterocycles. The fourth-order valence-corrected chi connectivity index (χ4v) is 6.75. The number of rotatable bonds is 7. The zero-order valence-corrected chi connectivity index (χ0v) is 21.5. The van der Waals surface area contributed by atoms with Gasteiger partial charge in [-0.25, -0.2) is 4.79 Å². The van der Waals surface area contributed by atoms with Gasteiger partial charge >= 0.3 is 24.3 Å². The van der Waals surface area contributed by atoms with Crippen LogP contribution in [-0.4, -0.2) is 42.1 Å². The highest BCUT2D eigenvalue weighted by Crippen LogP contribution is 2.59. The predicted molar refractivity (Wildman–Crippen MR) is 130 cm³/mol. The number of para-hydroxylation sites is 1.